The quantitative estimate of drug-likeness (QED) is 0.885. The minimum atomic E-state index is -0.456. The summed E-state index contributed by atoms with van der Waals surface area (Å²) in [5, 5.41) is 10.8. The standard InChI is InChI=1S/C14H19ClO2/c1-3-9(4-2)14-8-12(16)11-7-10(15)5-6-13(11)17-14/h5-7,9,12,14,16H,3-4,8H2,1-2H3. The predicted molar refractivity (Wildman–Crippen MR) is 69.5 cm³/mol. The third kappa shape index (κ3) is 2.58. The molecule has 0 bridgehead atoms. The summed E-state index contributed by atoms with van der Waals surface area (Å²) in [6.45, 7) is 4.34. The second-order valence-electron chi connectivity index (χ2n) is 4.67. The molecule has 1 N–H and O–H groups in total. The van der Waals surface area contributed by atoms with Crippen LogP contribution in [0.2, 0.25) is 5.02 Å². The summed E-state index contributed by atoms with van der Waals surface area (Å²) in [5.74, 6) is 1.29. The van der Waals surface area contributed by atoms with E-state index in [0.29, 0.717) is 17.4 Å². The molecule has 1 aromatic carbocycles. The maximum atomic E-state index is 10.2. The largest absolute Gasteiger partial charge is 0.490 e. The van der Waals surface area contributed by atoms with Crippen molar-refractivity contribution in [2.24, 2.45) is 5.92 Å². The summed E-state index contributed by atoms with van der Waals surface area (Å²) < 4.78 is 5.98. The molecule has 17 heavy (non-hydrogen) atoms. The molecular weight excluding hydrogens is 236 g/mol. The normalized spacial score (nSPS) is 23.4. The Balaban J connectivity index is 2.24. The minimum Gasteiger partial charge on any atom is -0.490 e. The summed E-state index contributed by atoms with van der Waals surface area (Å²) in [6.07, 6.45) is 2.49. The van der Waals surface area contributed by atoms with E-state index in [1.165, 1.54) is 0 Å². The third-order valence-corrected chi connectivity index (χ3v) is 3.87. The Morgan fingerprint density at radius 1 is 1.41 bits per heavy atom. The average molecular weight is 255 g/mol. The highest BCUT2D eigenvalue weighted by molar-refractivity contribution is 6.30. The maximum absolute atomic E-state index is 10.2. The van der Waals surface area contributed by atoms with Gasteiger partial charge in [0.1, 0.15) is 11.9 Å². The topological polar surface area (TPSA) is 29.5 Å². The van der Waals surface area contributed by atoms with Gasteiger partial charge < -0.3 is 9.84 Å². The summed E-state index contributed by atoms with van der Waals surface area (Å²) in [4.78, 5) is 0. The van der Waals surface area contributed by atoms with E-state index in [1.54, 1.807) is 6.07 Å². The summed E-state index contributed by atoms with van der Waals surface area (Å²) >= 11 is 5.93. The summed E-state index contributed by atoms with van der Waals surface area (Å²) in [7, 11) is 0. The van der Waals surface area contributed by atoms with Crippen LogP contribution >= 0.6 is 11.6 Å². The lowest BCUT2D eigenvalue weighted by Gasteiger charge is -2.34. The molecule has 2 rings (SSSR count). The fourth-order valence-corrected chi connectivity index (χ4v) is 2.73. The van der Waals surface area contributed by atoms with E-state index in [-0.39, 0.29) is 6.10 Å². The van der Waals surface area contributed by atoms with E-state index in [0.717, 1.165) is 24.2 Å². The van der Waals surface area contributed by atoms with Gasteiger partial charge in [-0.25, -0.2) is 0 Å². The van der Waals surface area contributed by atoms with E-state index < -0.39 is 6.10 Å². The molecule has 2 atom stereocenters. The zero-order chi connectivity index (χ0) is 12.4. The lowest BCUT2D eigenvalue weighted by atomic mass is 9.88. The molecule has 2 unspecified atom stereocenters. The van der Waals surface area contributed by atoms with Gasteiger partial charge in [-0.05, 0) is 37.0 Å². The van der Waals surface area contributed by atoms with Crippen LogP contribution in [0.25, 0.3) is 0 Å². The molecule has 0 fully saturated rings. The Morgan fingerprint density at radius 3 is 2.76 bits per heavy atom. The number of halogens is 1. The van der Waals surface area contributed by atoms with E-state index in [9.17, 15) is 5.11 Å². The molecule has 0 saturated heterocycles. The molecule has 0 aliphatic carbocycles. The number of hydrogen-bond acceptors (Lipinski definition) is 2. The average Bonchev–Trinajstić information content (AvgIpc) is 2.32. The van der Waals surface area contributed by atoms with Crippen LogP contribution in [0.3, 0.4) is 0 Å². The molecule has 1 aliphatic rings. The van der Waals surface area contributed by atoms with Crippen LogP contribution in [0.4, 0.5) is 0 Å². The molecule has 2 nitrogen and oxygen atoms in total. The van der Waals surface area contributed by atoms with Crippen molar-refractivity contribution >= 4 is 11.6 Å². The zero-order valence-corrected chi connectivity index (χ0v) is 11.1. The van der Waals surface area contributed by atoms with Crippen molar-refractivity contribution in [3.63, 3.8) is 0 Å². The van der Waals surface area contributed by atoms with Crippen LogP contribution in [0.5, 0.6) is 5.75 Å². The molecule has 1 aliphatic heterocycles. The number of aliphatic hydroxyl groups is 1. The molecule has 3 heteroatoms. The molecule has 0 amide bonds. The monoisotopic (exact) mass is 254 g/mol. The first-order valence-corrected chi connectivity index (χ1v) is 6.67. The number of ether oxygens (including phenoxy) is 1. The number of fused-ring (bicyclic) bond motifs is 1. The van der Waals surface area contributed by atoms with Gasteiger partial charge in [-0.3, -0.25) is 0 Å². The van der Waals surface area contributed by atoms with Gasteiger partial charge in [-0.1, -0.05) is 25.4 Å². The molecule has 0 radical (unpaired) electrons. The highest BCUT2D eigenvalue weighted by Gasteiger charge is 2.30. The van der Waals surface area contributed by atoms with E-state index in [1.807, 2.05) is 12.1 Å². The second kappa shape index (κ2) is 5.28. The van der Waals surface area contributed by atoms with Crippen molar-refractivity contribution in [3.05, 3.63) is 28.8 Å². The number of benzene rings is 1. The number of rotatable bonds is 3. The van der Waals surface area contributed by atoms with Crippen molar-refractivity contribution < 1.29 is 9.84 Å². The first-order valence-electron chi connectivity index (χ1n) is 6.29. The minimum absolute atomic E-state index is 0.119. The Kier molecular flexibility index (Phi) is 3.95. The molecule has 94 valence electrons. The van der Waals surface area contributed by atoms with Gasteiger partial charge in [-0.15, -0.1) is 0 Å². The Hall–Kier alpha value is -0.730. The van der Waals surface area contributed by atoms with Crippen molar-refractivity contribution in [2.75, 3.05) is 0 Å². The molecule has 0 saturated carbocycles. The zero-order valence-electron chi connectivity index (χ0n) is 10.3. The molecule has 1 aromatic rings. The van der Waals surface area contributed by atoms with Crippen LogP contribution in [-0.2, 0) is 0 Å². The maximum Gasteiger partial charge on any atom is 0.125 e. The van der Waals surface area contributed by atoms with Crippen molar-refractivity contribution in [3.8, 4) is 5.75 Å². The van der Waals surface area contributed by atoms with Crippen LogP contribution in [0.1, 0.15) is 44.8 Å². The molecule has 1 heterocycles. The van der Waals surface area contributed by atoms with E-state index in [2.05, 4.69) is 13.8 Å². The van der Waals surface area contributed by atoms with Gasteiger partial charge in [0.05, 0.1) is 6.10 Å². The summed E-state index contributed by atoms with van der Waals surface area (Å²) in [5.41, 5.74) is 0.819. The first kappa shape index (κ1) is 12.7. The lowest BCUT2D eigenvalue weighted by Crippen LogP contribution is -2.32. The lowest BCUT2D eigenvalue weighted by molar-refractivity contribution is 0.0317. The predicted octanol–water partition coefficient (Wildman–Crippen LogP) is 3.96. The van der Waals surface area contributed by atoms with Crippen LogP contribution in [0, 0.1) is 5.92 Å². The SMILES string of the molecule is CCC(CC)C1CC(O)c2cc(Cl)ccc2O1. The number of hydrogen-bond donors (Lipinski definition) is 1. The van der Waals surface area contributed by atoms with Gasteiger partial charge in [0.25, 0.3) is 0 Å². The van der Waals surface area contributed by atoms with E-state index in [4.69, 9.17) is 16.3 Å². The summed E-state index contributed by atoms with van der Waals surface area (Å²) in [6, 6.07) is 5.46. The van der Waals surface area contributed by atoms with Crippen LogP contribution in [-0.4, -0.2) is 11.2 Å². The fourth-order valence-electron chi connectivity index (χ4n) is 2.55. The van der Waals surface area contributed by atoms with Gasteiger partial charge in [0.15, 0.2) is 0 Å². The fraction of sp³-hybridized carbons (Fsp3) is 0.571. The van der Waals surface area contributed by atoms with Gasteiger partial charge in [-0.2, -0.15) is 0 Å². The molecular formula is C14H19ClO2. The third-order valence-electron chi connectivity index (χ3n) is 3.64. The van der Waals surface area contributed by atoms with Gasteiger partial charge in [0, 0.05) is 17.0 Å². The van der Waals surface area contributed by atoms with Crippen molar-refractivity contribution in [1.29, 1.82) is 0 Å². The van der Waals surface area contributed by atoms with Gasteiger partial charge >= 0.3 is 0 Å². The Labute approximate surface area is 108 Å². The van der Waals surface area contributed by atoms with Gasteiger partial charge in [0.2, 0.25) is 0 Å². The Bertz CT molecular complexity index is 388. The molecule has 0 spiro atoms. The van der Waals surface area contributed by atoms with Crippen LogP contribution < -0.4 is 4.74 Å². The Morgan fingerprint density at radius 2 is 2.12 bits per heavy atom. The van der Waals surface area contributed by atoms with Crippen molar-refractivity contribution in [2.45, 2.75) is 45.3 Å². The highest BCUT2D eigenvalue weighted by atomic mass is 35.5. The van der Waals surface area contributed by atoms with Crippen molar-refractivity contribution in [1.82, 2.24) is 0 Å². The highest BCUT2D eigenvalue weighted by Crippen LogP contribution is 2.39. The second-order valence-corrected chi connectivity index (χ2v) is 5.10. The molecule has 0 aromatic heterocycles. The number of aliphatic hydroxyl groups excluding tert-OH is 1. The smallest absolute Gasteiger partial charge is 0.125 e. The first-order chi connectivity index (χ1) is 8.15. The van der Waals surface area contributed by atoms with Crippen LogP contribution in [0.15, 0.2) is 18.2 Å². The van der Waals surface area contributed by atoms with E-state index >= 15 is 0 Å².